The molecule has 1 N–H and O–H groups in total. The summed E-state index contributed by atoms with van der Waals surface area (Å²) in [4.78, 5) is 20.1. The van der Waals surface area contributed by atoms with Gasteiger partial charge < -0.3 is 14.6 Å². The molecule has 0 radical (unpaired) electrons. The zero-order valence-electron chi connectivity index (χ0n) is 17.5. The van der Waals surface area contributed by atoms with E-state index in [9.17, 15) is 9.90 Å². The van der Waals surface area contributed by atoms with Crippen LogP contribution in [0.4, 0.5) is 0 Å². The number of benzene rings is 2. The third kappa shape index (κ3) is 3.12. The summed E-state index contributed by atoms with van der Waals surface area (Å²) >= 11 is 0. The number of nitrogens with zero attached hydrogens (tertiary/aromatic N) is 3. The first-order valence-corrected chi connectivity index (χ1v) is 11.0. The van der Waals surface area contributed by atoms with E-state index in [1.807, 2.05) is 43.3 Å². The molecule has 156 valence electrons. The molecule has 2 aliphatic rings. The highest BCUT2D eigenvalue weighted by Gasteiger charge is 2.56. The number of aryl methyl sites for hydroxylation is 2. The average molecular weight is 404 g/mol. The van der Waals surface area contributed by atoms with E-state index in [4.69, 9.17) is 0 Å². The smallest absolute Gasteiger partial charge is 0.224 e. The molecule has 0 unspecified atom stereocenters. The zero-order chi connectivity index (χ0) is 20.7. The fraction of sp³-hybridized carbons (Fsp3) is 0.440. The molecule has 2 bridgehead atoms. The lowest BCUT2D eigenvalue weighted by molar-refractivity contribution is -0.133. The molecule has 3 heterocycles. The van der Waals surface area contributed by atoms with Crippen molar-refractivity contribution in [2.24, 2.45) is 5.41 Å². The highest BCUT2D eigenvalue weighted by atomic mass is 16.3. The number of hydrogen-bond donors (Lipinski definition) is 1. The quantitative estimate of drug-likeness (QED) is 0.682. The molecule has 1 amide bonds. The first-order valence-electron chi connectivity index (χ1n) is 11.0. The number of para-hydroxylation sites is 2. The number of carbonyl (C=O) groups is 1. The summed E-state index contributed by atoms with van der Waals surface area (Å²) in [5.41, 5.74) is 3.09. The number of imidazole rings is 1. The molecule has 5 nitrogen and oxygen atoms in total. The second-order valence-electron chi connectivity index (χ2n) is 8.98. The number of aliphatic hydroxyl groups is 1. The maximum Gasteiger partial charge on any atom is 0.224 e. The lowest BCUT2D eigenvalue weighted by Gasteiger charge is -2.36. The van der Waals surface area contributed by atoms with Gasteiger partial charge in [-0.3, -0.25) is 4.79 Å². The molecule has 2 fully saturated rings. The van der Waals surface area contributed by atoms with E-state index in [1.54, 1.807) is 0 Å². The molecule has 3 aromatic rings. The molecule has 3 atom stereocenters. The SMILES string of the molecule is Cc1nc2ccccc2n1CCC(=O)N1[C@H]2CC[C@@H]1[C@@](CO)(Cc1ccccc1)C2. The van der Waals surface area contributed by atoms with Crippen LogP contribution in [-0.4, -0.2) is 44.2 Å². The topological polar surface area (TPSA) is 58.4 Å². The maximum absolute atomic E-state index is 13.3. The molecular formula is C25H29N3O2. The maximum atomic E-state index is 13.3. The van der Waals surface area contributed by atoms with Crippen LogP contribution < -0.4 is 0 Å². The Labute approximate surface area is 177 Å². The summed E-state index contributed by atoms with van der Waals surface area (Å²) in [5.74, 6) is 1.16. The molecule has 2 aromatic carbocycles. The number of carbonyl (C=O) groups excluding carboxylic acids is 1. The van der Waals surface area contributed by atoms with Crippen LogP contribution in [0.1, 0.15) is 37.1 Å². The van der Waals surface area contributed by atoms with Crippen LogP contribution in [0.2, 0.25) is 0 Å². The third-order valence-corrected chi connectivity index (χ3v) is 7.25. The molecule has 2 aliphatic heterocycles. The number of hydrogen-bond acceptors (Lipinski definition) is 3. The summed E-state index contributed by atoms with van der Waals surface area (Å²) in [5, 5.41) is 10.4. The van der Waals surface area contributed by atoms with Crippen molar-refractivity contribution >= 4 is 16.9 Å². The summed E-state index contributed by atoms with van der Waals surface area (Å²) in [6.45, 7) is 2.78. The van der Waals surface area contributed by atoms with Gasteiger partial charge in [0.25, 0.3) is 0 Å². The van der Waals surface area contributed by atoms with Gasteiger partial charge in [0.1, 0.15) is 5.82 Å². The van der Waals surface area contributed by atoms with Gasteiger partial charge >= 0.3 is 0 Å². The summed E-state index contributed by atoms with van der Waals surface area (Å²) in [6.07, 6.45) is 4.26. The van der Waals surface area contributed by atoms with Crippen LogP contribution >= 0.6 is 0 Å². The first-order chi connectivity index (χ1) is 14.6. The minimum atomic E-state index is -0.211. The fourth-order valence-corrected chi connectivity index (χ4v) is 5.90. The van der Waals surface area contributed by atoms with Gasteiger partial charge in [-0.15, -0.1) is 0 Å². The van der Waals surface area contributed by atoms with Crippen molar-refractivity contribution in [3.63, 3.8) is 0 Å². The lowest BCUT2D eigenvalue weighted by atomic mass is 9.70. The second-order valence-corrected chi connectivity index (χ2v) is 8.98. The minimum Gasteiger partial charge on any atom is -0.396 e. The van der Waals surface area contributed by atoms with E-state index in [-0.39, 0.29) is 30.0 Å². The van der Waals surface area contributed by atoms with Crippen molar-refractivity contribution in [2.75, 3.05) is 6.61 Å². The van der Waals surface area contributed by atoms with E-state index in [0.717, 1.165) is 42.5 Å². The first kappa shape index (κ1) is 19.3. The number of amides is 1. The van der Waals surface area contributed by atoms with Crippen LogP contribution in [0.25, 0.3) is 11.0 Å². The van der Waals surface area contributed by atoms with Crippen LogP contribution in [0.15, 0.2) is 54.6 Å². The van der Waals surface area contributed by atoms with E-state index in [2.05, 4.69) is 32.7 Å². The molecule has 2 saturated heterocycles. The molecule has 0 spiro atoms. The van der Waals surface area contributed by atoms with Gasteiger partial charge in [0, 0.05) is 30.5 Å². The summed E-state index contributed by atoms with van der Waals surface area (Å²) in [7, 11) is 0. The zero-order valence-corrected chi connectivity index (χ0v) is 17.5. The largest absolute Gasteiger partial charge is 0.396 e. The number of aromatic nitrogens is 2. The second kappa shape index (κ2) is 7.55. The molecule has 0 aliphatic carbocycles. The van der Waals surface area contributed by atoms with Crippen LogP contribution in [0.3, 0.4) is 0 Å². The Kier molecular flexibility index (Phi) is 4.86. The van der Waals surface area contributed by atoms with Gasteiger partial charge in [-0.05, 0) is 50.3 Å². The molecule has 0 saturated carbocycles. The van der Waals surface area contributed by atoms with Crippen molar-refractivity contribution in [2.45, 2.75) is 57.7 Å². The van der Waals surface area contributed by atoms with Gasteiger partial charge in [-0.1, -0.05) is 42.5 Å². The van der Waals surface area contributed by atoms with Crippen molar-refractivity contribution in [1.29, 1.82) is 0 Å². The Hall–Kier alpha value is -2.66. The predicted molar refractivity (Wildman–Crippen MR) is 117 cm³/mol. The third-order valence-electron chi connectivity index (χ3n) is 7.25. The van der Waals surface area contributed by atoms with Crippen molar-refractivity contribution < 1.29 is 9.90 Å². The Bertz CT molecular complexity index is 1060. The van der Waals surface area contributed by atoms with Gasteiger partial charge in [-0.25, -0.2) is 4.98 Å². The highest BCUT2D eigenvalue weighted by Crippen LogP contribution is 2.51. The summed E-state index contributed by atoms with van der Waals surface area (Å²) in [6, 6.07) is 18.9. The Morgan fingerprint density at radius 2 is 1.90 bits per heavy atom. The van der Waals surface area contributed by atoms with E-state index >= 15 is 0 Å². The predicted octanol–water partition coefficient (Wildman–Crippen LogP) is 3.72. The number of fused-ring (bicyclic) bond motifs is 3. The molecule has 5 rings (SSSR count). The Morgan fingerprint density at radius 1 is 1.13 bits per heavy atom. The molecule has 30 heavy (non-hydrogen) atoms. The van der Waals surface area contributed by atoms with Gasteiger partial charge in [0.2, 0.25) is 5.91 Å². The van der Waals surface area contributed by atoms with E-state index in [1.165, 1.54) is 5.56 Å². The Balaban J connectivity index is 1.33. The fourth-order valence-electron chi connectivity index (χ4n) is 5.90. The van der Waals surface area contributed by atoms with Crippen molar-refractivity contribution in [3.05, 3.63) is 66.0 Å². The monoisotopic (exact) mass is 403 g/mol. The van der Waals surface area contributed by atoms with E-state index in [0.29, 0.717) is 13.0 Å². The normalized spacial score (nSPS) is 25.3. The van der Waals surface area contributed by atoms with Crippen LogP contribution in [0, 0.1) is 12.3 Å². The van der Waals surface area contributed by atoms with Gasteiger partial charge in [0.05, 0.1) is 17.6 Å². The van der Waals surface area contributed by atoms with Gasteiger partial charge in [0.15, 0.2) is 0 Å². The van der Waals surface area contributed by atoms with E-state index < -0.39 is 0 Å². The Morgan fingerprint density at radius 3 is 2.70 bits per heavy atom. The molecular weight excluding hydrogens is 374 g/mol. The minimum absolute atomic E-state index is 0.137. The number of rotatable bonds is 6. The van der Waals surface area contributed by atoms with Crippen molar-refractivity contribution in [1.82, 2.24) is 14.5 Å². The van der Waals surface area contributed by atoms with Crippen molar-refractivity contribution in [3.8, 4) is 0 Å². The molecule has 1 aromatic heterocycles. The van der Waals surface area contributed by atoms with Crippen LogP contribution in [0.5, 0.6) is 0 Å². The van der Waals surface area contributed by atoms with Gasteiger partial charge in [-0.2, -0.15) is 0 Å². The average Bonchev–Trinajstić information content (AvgIpc) is 3.42. The number of aliphatic hydroxyl groups excluding tert-OH is 1. The lowest BCUT2D eigenvalue weighted by Crippen LogP contribution is -2.44. The summed E-state index contributed by atoms with van der Waals surface area (Å²) < 4.78 is 2.15. The highest BCUT2D eigenvalue weighted by molar-refractivity contribution is 5.79. The standard InChI is InChI=1S/C25H29N3O2/c1-18-26-21-9-5-6-10-22(21)27(18)14-13-24(30)28-20-11-12-23(28)25(16-20,17-29)15-19-7-3-2-4-8-19/h2-10,20,23,29H,11-17H2,1H3/t20-,23+,25-/m0/s1. The van der Waals surface area contributed by atoms with Crippen LogP contribution in [-0.2, 0) is 17.8 Å². The molecule has 5 heteroatoms.